The van der Waals surface area contributed by atoms with Gasteiger partial charge in [0, 0.05) is 12.1 Å². The maximum atomic E-state index is 6.24. The van der Waals surface area contributed by atoms with Crippen LogP contribution in [0.3, 0.4) is 0 Å². The molecule has 8 heteroatoms. The number of piperidine rings is 1. The molecule has 8 nitrogen and oxygen atoms in total. The van der Waals surface area contributed by atoms with Gasteiger partial charge in [-0.15, -0.1) is 0 Å². The summed E-state index contributed by atoms with van der Waals surface area (Å²) >= 11 is 0. The van der Waals surface area contributed by atoms with Crippen molar-refractivity contribution in [3.63, 3.8) is 0 Å². The van der Waals surface area contributed by atoms with Crippen LogP contribution in [-0.2, 0) is 0 Å². The fourth-order valence-electron chi connectivity index (χ4n) is 3.95. The first-order chi connectivity index (χ1) is 15.2. The lowest BCUT2D eigenvalue weighted by atomic mass is 10.1. The first-order valence-corrected chi connectivity index (χ1v) is 10.3. The molecule has 1 atom stereocenters. The van der Waals surface area contributed by atoms with Gasteiger partial charge >= 0.3 is 0 Å². The van der Waals surface area contributed by atoms with Crippen LogP contribution >= 0.6 is 0 Å². The number of rotatable bonds is 5. The summed E-state index contributed by atoms with van der Waals surface area (Å²) in [5.74, 6) is 2.70. The maximum absolute atomic E-state index is 6.24. The molecule has 0 spiro atoms. The number of nitrogens with two attached hydrogens (primary N) is 1. The second-order valence-corrected chi connectivity index (χ2v) is 7.55. The van der Waals surface area contributed by atoms with Gasteiger partial charge in [0.05, 0.1) is 18.5 Å². The zero-order valence-electron chi connectivity index (χ0n) is 17.3. The van der Waals surface area contributed by atoms with Crippen LogP contribution in [0.25, 0.3) is 22.3 Å². The molecule has 1 unspecified atom stereocenters. The Bertz CT molecular complexity index is 1180. The second kappa shape index (κ2) is 8.23. The second-order valence-electron chi connectivity index (χ2n) is 7.55. The Morgan fingerprint density at radius 1 is 1.00 bits per heavy atom. The van der Waals surface area contributed by atoms with Crippen LogP contribution in [0.1, 0.15) is 18.9 Å². The zero-order chi connectivity index (χ0) is 21.2. The van der Waals surface area contributed by atoms with Crippen molar-refractivity contribution in [1.82, 2.24) is 25.1 Å². The number of anilines is 1. The van der Waals surface area contributed by atoms with Crippen molar-refractivity contribution in [3.05, 3.63) is 54.9 Å². The average molecular weight is 416 g/mol. The van der Waals surface area contributed by atoms with Crippen molar-refractivity contribution in [1.29, 1.82) is 0 Å². The molecule has 31 heavy (non-hydrogen) atoms. The predicted octanol–water partition coefficient (Wildman–Crippen LogP) is 3.80. The number of methoxy groups -OCH3 is 1. The van der Waals surface area contributed by atoms with Crippen LogP contribution in [-0.4, -0.2) is 39.9 Å². The Labute approximate surface area is 180 Å². The lowest BCUT2D eigenvalue weighted by Gasteiger charge is -2.23. The molecule has 0 aliphatic carbocycles. The van der Waals surface area contributed by atoms with Crippen LogP contribution in [0.4, 0.5) is 5.82 Å². The number of ether oxygens (including phenoxy) is 2. The molecule has 0 bridgehead atoms. The van der Waals surface area contributed by atoms with Crippen LogP contribution in [0.15, 0.2) is 54.9 Å². The van der Waals surface area contributed by atoms with Crippen molar-refractivity contribution >= 4 is 16.9 Å². The molecule has 0 amide bonds. The normalized spacial score (nSPS) is 16.4. The molecule has 0 radical (unpaired) electrons. The van der Waals surface area contributed by atoms with E-state index in [9.17, 15) is 0 Å². The van der Waals surface area contributed by atoms with Gasteiger partial charge in [0.2, 0.25) is 0 Å². The molecule has 1 aliphatic heterocycles. The first-order valence-electron chi connectivity index (χ1n) is 10.3. The summed E-state index contributed by atoms with van der Waals surface area (Å²) in [7, 11) is 1.64. The number of nitrogens with one attached hydrogen (secondary N) is 1. The molecule has 3 N–H and O–H groups in total. The standard InChI is InChI=1S/C23H24N6O2/c1-30-17-8-10-19(11-9-17)31-18-6-4-15(5-7-18)21-20-22(24)26-14-27-23(20)29(28-21)16-3-2-12-25-13-16/h4-11,14,16,25H,2-3,12-13H2,1H3,(H2,24,26,27). The minimum Gasteiger partial charge on any atom is -0.497 e. The monoisotopic (exact) mass is 416 g/mol. The minimum absolute atomic E-state index is 0.247. The summed E-state index contributed by atoms with van der Waals surface area (Å²) in [5.41, 5.74) is 8.74. The highest BCUT2D eigenvalue weighted by Gasteiger charge is 2.23. The third-order valence-electron chi connectivity index (χ3n) is 5.56. The fourth-order valence-corrected chi connectivity index (χ4v) is 3.95. The van der Waals surface area contributed by atoms with Crippen LogP contribution in [0, 0.1) is 0 Å². The Morgan fingerprint density at radius 3 is 2.39 bits per heavy atom. The summed E-state index contributed by atoms with van der Waals surface area (Å²) in [4.78, 5) is 8.70. The Kier molecular flexibility index (Phi) is 5.13. The van der Waals surface area contributed by atoms with Gasteiger partial charge in [0.1, 0.15) is 35.1 Å². The predicted molar refractivity (Wildman–Crippen MR) is 119 cm³/mol. The van der Waals surface area contributed by atoms with Gasteiger partial charge in [-0.2, -0.15) is 5.10 Å². The molecule has 5 rings (SSSR count). The quantitative estimate of drug-likeness (QED) is 0.510. The van der Waals surface area contributed by atoms with E-state index in [0.29, 0.717) is 5.82 Å². The van der Waals surface area contributed by atoms with E-state index in [4.69, 9.17) is 20.3 Å². The molecule has 2 aromatic heterocycles. The van der Waals surface area contributed by atoms with E-state index in [0.717, 1.165) is 65.5 Å². The number of hydrogen-bond donors (Lipinski definition) is 2. The summed E-state index contributed by atoms with van der Waals surface area (Å²) in [6, 6.07) is 15.5. The van der Waals surface area contributed by atoms with E-state index in [1.165, 1.54) is 6.33 Å². The summed E-state index contributed by atoms with van der Waals surface area (Å²) in [5, 5.41) is 9.14. The maximum Gasteiger partial charge on any atom is 0.164 e. The number of hydrogen-bond acceptors (Lipinski definition) is 7. The number of nitrogens with zero attached hydrogens (tertiary/aromatic N) is 4. The van der Waals surface area contributed by atoms with E-state index in [-0.39, 0.29) is 6.04 Å². The molecule has 1 fully saturated rings. The minimum atomic E-state index is 0.247. The van der Waals surface area contributed by atoms with Gasteiger partial charge < -0.3 is 20.5 Å². The molecule has 2 aromatic carbocycles. The smallest absolute Gasteiger partial charge is 0.164 e. The summed E-state index contributed by atoms with van der Waals surface area (Å²) in [6.07, 6.45) is 3.67. The number of aromatic nitrogens is 4. The molecule has 158 valence electrons. The highest BCUT2D eigenvalue weighted by molar-refractivity contribution is 5.98. The van der Waals surface area contributed by atoms with E-state index >= 15 is 0 Å². The highest BCUT2D eigenvalue weighted by atomic mass is 16.5. The molecule has 1 saturated heterocycles. The van der Waals surface area contributed by atoms with Gasteiger partial charge in [0.15, 0.2) is 5.65 Å². The van der Waals surface area contributed by atoms with E-state index in [1.54, 1.807) is 7.11 Å². The Balaban J connectivity index is 1.47. The Morgan fingerprint density at radius 2 is 1.71 bits per heavy atom. The van der Waals surface area contributed by atoms with Gasteiger partial charge in [-0.25, -0.2) is 14.6 Å². The lowest BCUT2D eigenvalue weighted by Crippen LogP contribution is -2.32. The summed E-state index contributed by atoms with van der Waals surface area (Å²) < 4.78 is 13.1. The van der Waals surface area contributed by atoms with Gasteiger partial charge in [0.25, 0.3) is 0 Å². The number of nitrogen functional groups attached to an aromatic ring is 1. The zero-order valence-corrected chi connectivity index (χ0v) is 17.3. The SMILES string of the molecule is COc1ccc(Oc2ccc(-c3nn(C4CCCNC4)c4ncnc(N)c34)cc2)cc1. The summed E-state index contributed by atoms with van der Waals surface area (Å²) in [6.45, 7) is 1.91. The van der Waals surface area contributed by atoms with Gasteiger partial charge in [-0.05, 0) is 67.9 Å². The van der Waals surface area contributed by atoms with Crippen molar-refractivity contribution in [3.8, 4) is 28.5 Å². The van der Waals surface area contributed by atoms with E-state index < -0.39 is 0 Å². The third-order valence-corrected chi connectivity index (χ3v) is 5.56. The Hall–Kier alpha value is -3.65. The number of fused-ring (bicyclic) bond motifs is 1. The molecule has 4 aromatic rings. The lowest BCUT2D eigenvalue weighted by molar-refractivity contribution is 0.354. The molecule has 0 saturated carbocycles. The van der Waals surface area contributed by atoms with E-state index in [2.05, 4.69) is 15.3 Å². The topological polar surface area (TPSA) is 100 Å². The van der Waals surface area contributed by atoms with Crippen molar-refractivity contribution in [2.75, 3.05) is 25.9 Å². The largest absolute Gasteiger partial charge is 0.497 e. The third kappa shape index (κ3) is 3.77. The molecule has 3 heterocycles. The van der Waals surface area contributed by atoms with Gasteiger partial charge in [-0.3, -0.25) is 0 Å². The number of benzene rings is 2. The van der Waals surface area contributed by atoms with Crippen LogP contribution < -0.4 is 20.5 Å². The van der Waals surface area contributed by atoms with Crippen LogP contribution in [0.2, 0.25) is 0 Å². The molecule has 1 aliphatic rings. The van der Waals surface area contributed by atoms with Crippen molar-refractivity contribution in [2.45, 2.75) is 18.9 Å². The highest BCUT2D eigenvalue weighted by Crippen LogP contribution is 2.34. The van der Waals surface area contributed by atoms with Crippen molar-refractivity contribution in [2.24, 2.45) is 0 Å². The average Bonchev–Trinajstić information content (AvgIpc) is 3.22. The van der Waals surface area contributed by atoms with Crippen molar-refractivity contribution < 1.29 is 9.47 Å². The molecular formula is C23H24N6O2. The van der Waals surface area contributed by atoms with Gasteiger partial charge in [-0.1, -0.05) is 0 Å². The van der Waals surface area contributed by atoms with Crippen LogP contribution in [0.5, 0.6) is 17.2 Å². The fraction of sp³-hybridized carbons (Fsp3) is 0.261. The first kappa shape index (κ1) is 19.3. The molecular weight excluding hydrogens is 392 g/mol. The van der Waals surface area contributed by atoms with E-state index in [1.807, 2.05) is 53.2 Å².